The van der Waals surface area contributed by atoms with Crippen molar-refractivity contribution in [2.45, 2.75) is 12.8 Å². The van der Waals surface area contributed by atoms with Crippen LogP contribution in [0, 0.1) is 0 Å². The van der Waals surface area contributed by atoms with Crippen molar-refractivity contribution in [1.29, 1.82) is 0 Å². The van der Waals surface area contributed by atoms with Crippen LogP contribution >= 0.6 is 15.9 Å². The summed E-state index contributed by atoms with van der Waals surface area (Å²) in [5.74, 6) is 0.645. The molecule has 1 amide bonds. The molecule has 3 aromatic rings. The number of carbonyl (C=O) groups is 1. The first-order valence-corrected chi connectivity index (χ1v) is 10.0. The van der Waals surface area contributed by atoms with E-state index in [1.54, 1.807) is 0 Å². The highest BCUT2D eigenvalue weighted by atomic mass is 79.9. The van der Waals surface area contributed by atoms with Crippen molar-refractivity contribution in [3.63, 3.8) is 0 Å². The van der Waals surface area contributed by atoms with E-state index >= 15 is 0 Å². The lowest BCUT2D eigenvalue weighted by molar-refractivity contribution is -0.114. The summed E-state index contributed by atoms with van der Waals surface area (Å²) in [6.07, 6.45) is 1.93. The van der Waals surface area contributed by atoms with Gasteiger partial charge in [-0.2, -0.15) is 0 Å². The van der Waals surface area contributed by atoms with E-state index in [0.717, 1.165) is 34.4 Å². The highest BCUT2D eigenvalue weighted by molar-refractivity contribution is 9.10. The van der Waals surface area contributed by atoms with Gasteiger partial charge >= 0.3 is 0 Å². The van der Waals surface area contributed by atoms with Crippen LogP contribution in [0.3, 0.4) is 0 Å². The second-order valence-electron chi connectivity index (χ2n) is 6.38. The molecule has 0 saturated carbocycles. The fraction of sp³-hybridized carbons (Fsp3) is 0.174. The van der Waals surface area contributed by atoms with Crippen molar-refractivity contribution in [2.75, 3.05) is 23.8 Å². The lowest BCUT2D eigenvalue weighted by Gasteiger charge is -2.10. The highest BCUT2D eigenvalue weighted by Crippen LogP contribution is 2.18. The standard InChI is InChI=1S/C23H23BrN2O2/c24-19-10-4-11-20(15-19)25-17-23(27)26-21-12-5-13-22(16-21)28-14-6-9-18-7-2-1-3-8-18/h1-5,7-8,10-13,15-16,25H,6,9,14,17H2,(H,26,27). The van der Waals surface area contributed by atoms with Crippen molar-refractivity contribution >= 4 is 33.2 Å². The molecule has 0 heterocycles. The molecule has 28 heavy (non-hydrogen) atoms. The normalized spacial score (nSPS) is 10.3. The number of nitrogens with one attached hydrogen (secondary N) is 2. The van der Waals surface area contributed by atoms with E-state index in [1.165, 1.54) is 5.56 Å². The van der Waals surface area contributed by atoms with Crippen molar-refractivity contribution in [3.05, 3.63) is 88.9 Å². The Morgan fingerprint density at radius 1 is 0.893 bits per heavy atom. The summed E-state index contributed by atoms with van der Waals surface area (Å²) in [5.41, 5.74) is 2.92. The van der Waals surface area contributed by atoms with Crippen LogP contribution in [0.1, 0.15) is 12.0 Å². The number of aryl methyl sites for hydroxylation is 1. The molecule has 3 aromatic carbocycles. The molecular formula is C23H23BrN2O2. The molecule has 0 aromatic heterocycles. The lowest BCUT2D eigenvalue weighted by Crippen LogP contribution is -2.21. The van der Waals surface area contributed by atoms with Gasteiger partial charge in [0.05, 0.1) is 13.2 Å². The first kappa shape index (κ1) is 20.0. The zero-order valence-corrected chi connectivity index (χ0v) is 17.1. The lowest BCUT2D eigenvalue weighted by atomic mass is 10.1. The third-order valence-electron chi connectivity index (χ3n) is 4.12. The third-order valence-corrected chi connectivity index (χ3v) is 4.61. The van der Waals surface area contributed by atoms with E-state index in [0.29, 0.717) is 6.61 Å². The maximum absolute atomic E-state index is 12.2. The Bertz CT molecular complexity index is 900. The van der Waals surface area contributed by atoms with Gasteiger partial charge in [-0.1, -0.05) is 58.4 Å². The molecule has 0 unspecified atom stereocenters. The van der Waals surface area contributed by atoms with Crippen LogP contribution in [0.4, 0.5) is 11.4 Å². The van der Waals surface area contributed by atoms with Gasteiger partial charge in [0.25, 0.3) is 0 Å². The molecule has 0 fully saturated rings. The average molecular weight is 439 g/mol. The smallest absolute Gasteiger partial charge is 0.243 e. The molecule has 0 bridgehead atoms. The van der Waals surface area contributed by atoms with Gasteiger partial charge in [0, 0.05) is 21.9 Å². The maximum atomic E-state index is 12.2. The van der Waals surface area contributed by atoms with Crippen LogP contribution in [-0.4, -0.2) is 19.1 Å². The minimum atomic E-state index is -0.110. The first-order chi connectivity index (χ1) is 13.7. The van der Waals surface area contributed by atoms with Crippen molar-refractivity contribution < 1.29 is 9.53 Å². The van der Waals surface area contributed by atoms with Gasteiger partial charge in [-0.15, -0.1) is 0 Å². The molecule has 0 aliphatic rings. The fourth-order valence-electron chi connectivity index (χ4n) is 2.76. The van der Waals surface area contributed by atoms with E-state index < -0.39 is 0 Å². The van der Waals surface area contributed by atoms with Crippen LogP contribution in [0.15, 0.2) is 83.3 Å². The number of amides is 1. The van der Waals surface area contributed by atoms with Gasteiger partial charge in [0.15, 0.2) is 0 Å². The number of anilines is 2. The van der Waals surface area contributed by atoms with Gasteiger partial charge in [-0.05, 0) is 48.7 Å². The van der Waals surface area contributed by atoms with E-state index in [2.05, 4.69) is 38.7 Å². The molecule has 3 rings (SSSR count). The predicted octanol–water partition coefficient (Wildman–Crippen LogP) is 5.51. The molecule has 0 aliphatic heterocycles. The van der Waals surface area contributed by atoms with Gasteiger partial charge in [0.2, 0.25) is 5.91 Å². The quantitative estimate of drug-likeness (QED) is 0.432. The predicted molar refractivity (Wildman–Crippen MR) is 118 cm³/mol. The molecule has 0 saturated heterocycles. The minimum Gasteiger partial charge on any atom is -0.494 e. The topological polar surface area (TPSA) is 50.4 Å². The Labute approximate surface area is 174 Å². The summed E-state index contributed by atoms with van der Waals surface area (Å²) in [4.78, 5) is 12.2. The zero-order valence-electron chi connectivity index (χ0n) is 15.5. The van der Waals surface area contributed by atoms with Crippen molar-refractivity contribution in [3.8, 4) is 5.75 Å². The first-order valence-electron chi connectivity index (χ1n) is 9.25. The fourth-order valence-corrected chi connectivity index (χ4v) is 3.16. The van der Waals surface area contributed by atoms with E-state index in [9.17, 15) is 4.79 Å². The molecule has 0 radical (unpaired) electrons. The van der Waals surface area contributed by atoms with Gasteiger partial charge in [-0.25, -0.2) is 0 Å². The van der Waals surface area contributed by atoms with Gasteiger partial charge in [0.1, 0.15) is 5.75 Å². The van der Waals surface area contributed by atoms with Crippen LogP contribution in [0.25, 0.3) is 0 Å². The Morgan fingerprint density at radius 3 is 2.50 bits per heavy atom. The number of carbonyl (C=O) groups excluding carboxylic acids is 1. The van der Waals surface area contributed by atoms with E-state index in [4.69, 9.17) is 4.74 Å². The number of halogens is 1. The van der Waals surface area contributed by atoms with Crippen molar-refractivity contribution in [1.82, 2.24) is 0 Å². The second-order valence-corrected chi connectivity index (χ2v) is 7.29. The van der Waals surface area contributed by atoms with Crippen LogP contribution < -0.4 is 15.4 Å². The Morgan fingerprint density at radius 2 is 1.68 bits per heavy atom. The van der Waals surface area contributed by atoms with Gasteiger partial charge < -0.3 is 15.4 Å². The number of rotatable bonds is 9. The minimum absolute atomic E-state index is 0.110. The molecule has 2 N–H and O–H groups in total. The number of benzene rings is 3. The number of ether oxygens (including phenoxy) is 1. The zero-order chi connectivity index (χ0) is 19.6. The van der Waals surface area contributed by atoms with E-state index in [1.807, 2.05) is 66.7 Å². The van der Waals surface area contributed by atoms with Crippen molar-refractivity contribution in [2.24, 2.45) is 0 Å². The molecule has 5 heteroatoms. The molecule has 4 nitrogen and oxygen atoms in total. The SMILES string of the molecule is O=C(CNc1cccc(Br)c1)Nc1cccc(OCCCc2ccccc2)c1. The van der Waals surface area contributed by atoms with E-state index in [-0.39, 0.29) is 12.5 Å². The highest BCUT2D eigenvalue weighted by Gasteiger charge is 2.04. The monoisotopic (exact) mass is 438 g/mol. The Balaban J connectivity index is 1.42. The second kappa shape index (κ2) is 10.5. The summed E-state index contributed by atoms with van der Waals surface area (Å²) in [6, 6.07) is 25.6. The summed E-state index contributed by atoms with van der Waals surface area (Å²) in [7, 11) is 0. The molecule has 0 atom stereocenters. The molecular weight excluding hydrogens is 416 g/mol. The van der Waals surface area contributed by atoms with Crippen LogP contribution in [0.5, 0.6) is 5.75 Å². The summed E-state index contributed by atoms with van der Waals surface area (Å²) in [5, 5.41) is 5.99. The molecule has 144 valence electrons. The Hall–Kier alpha value is -2.79. The number of hydrogen-bond donors (Lipinski definition) is 2. The molecule has 0 spiro atoms. The maximum Gasteiger partial charge on any atom is 0.243 e. The summed E-state index contributed by atoms with van der Waals surface area (Å²) >= 11 is 3.42. The molecule has 0 aliphatic carbocycles. The van der Waals surface area contributed by atoms with Gasteiger partial charge in [-0.3, -0.25) is 4.79 Å². The summed E-state index contributed by atoms with van der Waals surface area (Å²) < 4.78 is 6.79. The van der Waals surface area contributed by atoms with Crippen LogP contribution in [-0.2, 0) is 11.2 Å². The number of hydrogen-bond acceptors (Lipinski definition) is 3. The third kappa shape index (κ3) is 6.74. The largest absolute Gasteiger partial charge is 0.494 e. The van der Waals surface area contributed by atoms with Crippen LogP contribution in [0.2, 0.25) is 0 Å². The average Bonchev–Trinajstić information content (AvgIpc) is 2.71. The Kier molecular flexibility index (Phi) is 7.50. The summed E-state index contributed by atoms with van der Waals surface area (Å²) in [6.45, 7) is 0.829.